The van der Waals surface area contributed by atoms with Crippen LogP contribution in [0.1, 0.15) is 109 Å². The second kappa shape index (κ2) is 14.4. The fraction of sp³-hybridized carbons (Fsp3) is 0.806. The predicted molar refractivity (Wildman–Crippen MR) is 185 cm³/mol. The molecule has 2 saturated heterocycles. The van der Waals surface area contributed by atoms with Crippen LogP contribution in [-0.2, 0) is 28.8 Å². The van der Waals surface area contributed by atoms with Crippen LogP contribution < -0.4 is 21.3 Å². The summed E-state index contributed by atoms with van der Waals surface area (Å²) in [5.74, 6) is -3.07. The minimum atomic E-state index is -1.04. The third-order valence-electron chi connectivity index (χ3n) is 10.5. The fourth-order valence-electron chi connectivity index (χ4n) is 7.31. The molecule has 49 heavy (non-hydrogen) atoms. The Hall–Kier alpha value is -3.51. The molecule has 1 aliphatic carbocycles. The van der Waals surface area contributed by atoms with Crippen molar-refractivity contribution in [3.8, 4) is 0 Å². The third-order valence-corrected chi connectivity index (χ3v) is 10.5. The predicted octanol–water partition coefficient (Wildman–Crippen LogP) is 2.76. The zero-order valence-electron chi connectivity index (χ0n) is 31.7. The summed E-state index contributed by atoms with van der Waals surface area (Å²) in [6.45, 7) is 23.2. The van der Waals surface area contributed by atoms with Crippen LogP contribution in [-0.4, -0.2) is 95.0 Å². The van der Waals surface area contributed by atoms with Gasteiger partial charge in [-0.15, -0.1) is 0 Å². The lowest BCUT2D eigenvalue weighted by molar-refractivity contribution is -0.153. The van der Waals surface area contributed by atoms with Crippen molar-refractivity contribution in [2.75, 3.05) is 19.6 Å². The van der Waals surface area contributed by atoms with Gasteiger partial charge < -0.3 is 26.2 Å². The SMILES string of the molecule is CCCC(NC(=O)[C@@H]1[C@@H]2[C@H](CN1C(=O)[C@@H](NC(=O)N[C@H](CN1C(=O)CC(C)(C)CC1=O)C(C)(C)C)C(C)(C)C)C2(C)C)C(=O)C(=O)NCC. The number of urea groups is 1. The van der Waals surface area contributed by atoms with Crippen molar-refractivity contribution < 1.29 is 33.6 Å². The first-order chi connectivity index (χ1) is 22.4. The van der Waals surface area contributed by atoms with Crippen molar-refractivity contribution in [1.29, 1.82) is 0 Å². The molecule has 4 N–H and O–H groups in total. The number of carbonyl (C=O) groups excluding carboxylic acids is 7. The highest BCUT2D eigenvalue weighted by Gasteiger charge is 2.70. The molecule has 2 aliphatic heterocycles. The number of Topliss-reactive ketones (excluding diaryl/α,β-unsaturated/α-hetero) is 1. The maximum Gasteiger partial charge on any atom is 0.315 e. The molecular formula is C36H60N6O7. The Labute approximate surface area is 291 Å². The first-order valence-corrected chi connectivity index (χ1v) is 17.7. The van der Waals surface area contributed by atoms with Crippen molar-refractivity contribution in [2.24, 2.45) is 33.5 Å². The topological polar surface area (TPSA) is 174 Å². The molecule has 0 aromatic carbocycles. The first-order valence-electron chi connectivity index (χ1n) is 17.7. The Bertz CT molecular complexity index is 1320. The van der Waals surface area contributed by atoms with Gasteiger partial charge in [0.15, 0.2) is 0 Å². The molecule has 1 saturated carbocycles. The lowest BCUT2D eigenvalue weighted by Crippen LogP contribution is -2.63. The number of likely N-dealkylation sites (N-methyl/N-ethyl adjacent to an activating group) is 1. The van der Waals surface area contributed by atoms with Gasteiger partial charge in [-0.05, 0) is 46.8 Å². The van der Waals surface area contributed by atoms with Gasteiger partial charge in [0, 0.05) is 32.5 Å². The number of nitrogens with zero attached hydrogens (tertiary/aromatic N) is 2. The monoisotopic (exact) mass is 688 g/mol. The van der Waals surface area contributed by atoms with E-state index in [9.17, 15) is 33.6 Å². The molecule has 3 aliphatic rings. The summed E-state index contributed by atoms with van der Waals surface area (Å²) in [6.07, 6.45) is 1.28. The van der Waals surface area contributed by atoms with E-state index in [1.54, 1.807) is 6.92 Å². The summed E-state index contributed by atoms with van der Waals surface area (Å²) in [5.41, 5.74) is -1.94. The molecule has 2 heterocycles. The average Bonchev–Trinajstić information content (AvgIpc) is 3.26. The molecule has 0 aromatic rings. The number of hydrogen-bond acceptors (Lipinski definition) is 7. The van der Waals surface area contributed by atoms with E-state index >= 15 is 0 Å². The molecule has 7 amide bonds. The van der Waals surface area contributed by atoms with E-state index in [0.29, 0.717) is 13.0 Å². The van der Waals surface area contributed by atoms with Crippen LogP contribution in [0.25, 0.3) is 0 Å². The number of piperidine rings is 2. The van der Waals surface area contributed by atoms with Crippen molar-refractivity contribution in [2.45, 2.75) is 133 Å². The van der Waals surface area contributed by atoms with E-state index in [4.69, 9.17) is 0 Å². The summed E-state index contributed by atoms with van der Waals surface area (Å²) >= 11 is 0. The molecule has 276 valence electrons. The van der Waals surface area contributed by atoms with E-state index < -0.39 is 69.9 Å². The second-order valence-corrected chi connectivity index (χ2v) is 17.7. The molecule has 0 radical (unpaired) electrons. The minimum Gasteiger partial charge on any atom is -0.350 e. The molecule has 3 rings (SSSR count). The molecule has 1 unspecified atom stereocenters. The Morgan fingerprint density at radius 2 is 1.43 bits per heavy atom. The largest absolute Gasteiger partial charge is 0.350 e. The van der Waals surface area contributed by atoms with Gasteiger partial charge in [-0.2, -0.15) is 0 Å². The second-order valence-electron chi connectivity index (χ2n) is 17.7. The van der Waals surface area contributed by atoms with E-state index in [0.717, 1.165) is 0 Å². The van der Waals surface area contributed by atoms with Gasteiger partial charge in [0.1, 0.15) is 12.1 Å². The van der Waals surface area contributed by atoms with Crippen LogP contribution in [0.2, 0.25) is 0 Å². The number of fused-ring (bicyclic) bond motifs is 1. The van der Waals surface area contributed by atoms with E-state index in [2.05, 4.69) is 21.3 Å². The standard InChI is InChI=1S/C36H60N6O7/c1-13-15-21(27(45)30(47)37-14-2)38-29(46)26-25-20(36(25,11)12)18-42(26)31(48)28(34(6,7)8)40-32(49)39-22(33(3,4)5)19-41-23(43)16-35(9,10)17-24(41)44/h20-22,25-26,28H,13-19H2,1-12H3,(H,37,47)(H,38,46)(H2,39,40,49)/t20-,21?,22+,25-,26-,28+/m0/s1. The normalized spacial score (nSPS) is 24.7. The lowest BCUT2D eigenvalue weighted by Gasteiger charge is -2.40. The quantitative estimate of drug-likeness (QED) is 0.180. The Kier molecular flexibility index (Phi) is 11.7. The van der Waals surface area contributed by atoms with E-state index in [1.807, 2.05) is 76.2 Å². The number of imide groups is 1. The number of likely N-dealkylation sites (tertiary alicyclic amines) is 2. The van der Waals surface area contributed by atoms with Crippen LogP contribution in [0.3, 0.4) is 0 Å². The molecule has 0 bridgehead atoms. The van der Waals surface area contributed by atoms with E-state index in [-0.39, 0.29) is 61.4 Å². The summed E-state index contributed by atoms with van der Waals surface area (Å²) < 4.78 is 0. The van der Waals surface area contributed by atoms with Gasteiger partial charge in [-0.1, -0.05) is 82.6 Å². The van der Waals surface area contributed by atoms with Crippen LogP contribution in [0.5, 0.6) is 0 Å². The zero-order valence-corrected chi connectivity index (χ0v) is 31.7. The van der Waals surface area contributed by atoms with Crippen LogP contribution in [0.4, 0.5) is 4.79 Å². The number of hydrogen-bond donors (Lipinski definition) is 4. The van der Waals surface area contributed by atoms with Gasteiger partial charge in [0.2, 0.25) is 29.4 Å². The summed E-state index contributed by atoms with van der Waals surface area (Å²) in [6, 6.07) is -4.19. The fourth-order valence-corrected chi connectivity index (χ4v) is 7.31. The molecule has 13 nitrogen and oxygen atoms in total. The number of carbonyl (C=O) groups is 7. The smallest absolute Gasteiger partial charge is 0.315 e. The highest BCUT2D eigenvalue weighted by molar-refractivity contribution is 6.38. The molecular weight excluding hydrogens is 628 g/mol. The van der Waals surface area contributed by atoms with Gasteiger partial charge in [0.25, 0.3) is 5.91 Å². The van der Waals surface area contributed by atoms with Crippen LogP contribution >= 0.6 is 0 Å². The number of nitrogens with one attached hydrogen (secondary N) is 4. The highest BCUT2D eigenvalue weighted by atomic mass is 16.2. The van der Waals surface area contributed by atoms with Crippen LogP contribution in [0, 0.1) is 33.5 Å². The van der Waals surface area contributed by atoms with Crippen molar-refractivity contribution in [3.05, 3.63) is 0 Å². The van der Waals surface area contributed by atoms with Crippen molar-refractivity contribution >= 4 is 41.4 Å². The molecule has 0 aromatic heterocycles. The average molecular weight is 689 g/mol. The molecule has 13 heteroatoms. The van der Waals surface area contributed by atoms with Gasteiger partial charge >= 0.3 is 6.03 Å². The molecule has 3 fully saturated rings. The van der Waals surface area contributed by atoms with Gasteiger partial charge in [-0.25, -0.2) is 4.79 Å². The van der Waals surface area contributed by atoms with Crippen LogP contribution in [0.15, 0.2) is 0 Å². The first kappa shape index (κ1) is 39.9. The Morgan fingerprint density at radius 1 is 0.857 bits per heavy atom. The van der Waals surface area contributed by atoms with Crippen molar-refractivity contribution in [1.82, 2.24) is 31.1 Å². The molecule has 6 atom stereocenters. The number of amides is 7. The van der Waals surface area contributed by atoms with Gasteiger partial charge in [0.05, 0.1) is 12.1 Å². The number of ketones is 1. The molecule has 0 spiro atoms. The zero-order chi connectivity index (χ0) is 37.4. The van der Waals surface area contributed by atoms with Gasteiger partial charge in [-0.3, -0.25) is 33.7 Å². The number of rotatable bonds is 12. The maximum absolute atomic E-state index is 14.4. The summed E-state index contributed by atoms with van der Waals surface area (Å²) in [5, 5.41) is 11.1. The Morgan fingerprint density at radius 3 is 1.92 bits per heavy atom. The Balaban J connectivity index is 1.82. The summed E-state index contributed by atoms with van der Waals surface area (Å²) in [4.78, 5) is 95.8. The lowest BCUT2D eigenvalue weighted by atomic mass is 9.80. The minimum absolute atomic E-state index is 0.000460. The third kappa shape index (κ3) is 9.00. The summed E-state index contributed by atoms with van der Waals surface area (Å²) in [7, 11) is 0. The van der Waals surface area contributed by atoms with Crippen molar-refractivity contribution in [3.63, 3.8) is 0 Å². The maximum atomic E-state index is 14.4. The highest BCUT2D eigenvalue weighted by Crippen LogP contribution is 2.65. The van der Waals surface area contributed by atoms with E-state index in [1.165, 1.54) is 9.80 Å².